The van der Waals surface area contributed by atoms with Gasteiger partial charge < -0.3 is 14.5 Å². The number of nitrogens with zero attached hydrogens (tertiary/aromatic N) is 3. The Labute approximate surface area is 194 Å². The Kier molecular flexibility index (Phi) is 6.80. The van der Waals surface area contributed by atoms with Crippen molar-refractivity contribution in [2.24, 2.45) is 5.41 Å². The highest BCUT2D eigenvalue weighted by atomic mass is 19.4. The standard InChI is InChI=1S/C23H29F6N3O2/c1-30-9-5-16-3-2-4-17(18(16)14-30)13-31-10-6-21(15-31)7-11-32(12-8-21)20(33)34-19(22(24,25)26)23(27,28)29/h2-4,19H,5-15H2,1H3. The predicted molar refractivity (Wildman–Crippen MR) is 112 cm³/mol. The largest absolute Gasteiger partial charge is 0.434 e. The van der Waals surface area contributed by atoms with Crippen LogP contribution < -0.4 is 0 Å². The topological polar surface area (TPSA) is 36.0 Å². The molecule has 0 bridgehead atoms. The second kappa shape index (κ2) is 9.22. The van der Waals surface area contributed by atoms with Gasteiger partial charge in [0.15, 0.2) is 0 Å². The average molecular weight is 493 g/mol. The van der Waals surface area contributed by atoms with Gasteiger partial charge in [-0.05, 0) is 61.4 Å². The van der Waals surface area contributed by atoms with Crippen molar-refractivity contribution < 1.29 is 35.9 Å². The predicted octanol–water partition coefficient (Wildman–Crippen LogP) is 4.59. The van der Waals surface area contributed by atoms with E-state index in [-0.39, 0.29) is 18.5 Å². The van der Waals surface area contributed by atoms with Gasteiger partial charge in [0.05, 0.1) is 0 Å². The van der Waals surface area contributed by atoms with Crippen LogP contribution in [-0.4, -0.2) is 79.0 Å². The SMILES string of the molecule is CN1CCc2cccc(CN3CCC4(CCN(C(=O)OC(C(F)(F)F)C(F)(F)F)CC4)C3)c2C1. The smallest absolute Gasteiger partial charge is 0.426 e. The number of carbonyl (C=O) groups is 1. The van der Waals surface area contributed by atoms with Crippen LogP contribution in [0, 0.1) is 5.41 Å². The summed E-state index contributed by atoms with van der Waals surface area (Å²) in [6, 6.07) is 6.41. The van der Waals surface area contributed by atoms with Gasteiger partial charge in [-0.25, -0.2) is 4.79 Å². The zero-order chi connectivity index (χ0) is 24.7. The fourth-order valence-electron chi connectivity index (χ4n) is 5.40. The van der Waals surface area contributed by atoms with Gasteiger partial charge >= 0.3 is 18.4 Å². The van der Waals surface area contributed by atoms with Crippen molar-refractivity contribution in [2.45, 2.75) is 57.2 Å². The quantitative estimate of drug-likeness (QED) is 0.578. The molecular weight excluding hydrogens is 464 g/mol. The van der Waals surface area contributed by atoms with Crippen molar-refractivity contribution in [1.29, 1.82) is 0 Å². The molecule has 1 aromatic rings. The lowest BCUT2D eigenvalue weighted by Crippen LogP contribution is -2.50. The molecule has 5 nitrogen and oxygen atoms in total. The Balaban J connectivity index is 1.33. The van der Waals surface area contributed by atoms with E-state index in [0.29, 0.717) is 12.8 Å². The van der Waals surface area contributed by atoms with Crippen molar-refractivity contribution in [3.05, 3.63) is 34.9 Å². The van der Waals surface area contributed by atoms with E-state index >= 15 is 0 Å². The van der Waals surface area contributed by atoms with Crippen molar-refractivity contribution in [1.82, 2.24) is 14.7 Å². The molecular formula is C23H29F6N3O2. The van der Waals surface area contributed by atoms with Gasteiger partial charge in [0.2, 0.25) is 0 Å². The fraction of sp³-hybridized carbons (Fsp3) is 0.696. The zero-order valence-corrected chi connectivity index (χ0v) is 19.0. The number of fused-ring (bicyclic) bond motifs is 1. The van der Waals surface area contributed by atoms with Gasteiger partial charge in [0, 0.05) is 39.3 Å². The number of piperidine rings is 1. The lowest BCUT2D eigenvalue weighted by Gasteiger charge is -2.39. The van der Waals surface area contributed by atoms with Crippen LogP contribution in [0.25, 0.3) is 0 Å². The Morgan fingerprint density at radius 1 is 1.03 bits per heavy atom. The number of benzene rings is 1. The molecule has 0 N–H and O–H groups in total. The maximum Gasteiger partial charge on any atom is 0.434 e. The summed E-state index contributed by atoms with van der Waals surface area (Å²) in [4.78, 5) is 17.7. The van der Waals surface area contributed by atoms with E-state index in [0.717, 1.165) is 50.5 Å². The fourth-order valence-corrected chi connectivity index (χ4v) is 5.40. The summed E-state index contributed by atoms with van der Waals surface area (Å²) in [5.41, 5.74) is 3.97. The third kappa shape index (κ3) is 5.45. The van der Waals surface area contributed by atoms with Gasteiger partial charge in [0.25, 0.3) is 6.10 Å². The van der Waals surface area contributed by atoms with E-state index < -0.39 is 24.5 Å². The summed E-state index contributed by atoms with van der Waals surface area (Å²) in [6.45, 7) is 4.59. The zero-order valence-electron chi connectivity index (χ0n) is 19.0. The van der Waals surface area contributed by atoms with E-state index in [4.69, 9.17) is 0 Å². The first-order valence-corrected chi connectivity index (χ1v) is 11.5. The normalized spacial score (nSPS) is 21.8. The van der Waals surface area contributed by atoms with Crippen molar-refractivity contribution in [3.63, 3.8) is 0 Å². The number of hydrogen-bond acceptors (Lipinski definition) is 4. The summed E-state index contributed by atoms with van der Waals surface area (Å²) in [5, 5.41) is 0. The summed E-state index contributed by atoms with van der Waals surface area (Å²) in [5.74, 6) is 0. The molecule has 1 amide bonds. The molecule has 4 rings (SSSR count). The van der Waals surface area contributed by atoms with Crippen molar-refractivity contribution in [2.75, 3.05) is 39.8 Å². The van der Waals surface area contributed by atoms with Gasteiger partial charge in [0.1, 0.15) is 0 Å². The van der Waals surface area contributed by atoms with Gasteiger partial charge in [-0.2, -0.15) is 26.3 Å². The number of halogens is 6. The van der Waals surface area contributed by atoms with Crippen molar-refractivity contribution in [3.8, 4) is 0 Å². The van der Waals surface area contributed by atoms with Crippen LogP contribution in [0.2, 0.25) is 0 Å². The second-order valence-corrected chi connectivity index (χ2v) is 9.84. The summed E-state index contributed by atoms with van der Waals surface area (Å²) in [7, 11) is 2.11. The highest BCUT2D eigenvalue weighted by Gasteiger charge is 2.60. The molecule has 11 heteroatoms. The van der Waals surface area contributed by atoms with E-state index in [9.17, 15) is 31.1 Å². The number of hydrogen-bond donors (Lipinski definition) is 0. The third-order valence-corrected chi connectivity index (χ3v) is 7.37. The van der Waals surface area contributed by atoms with E-state index in [1.807, 2.05) is 0 Å². The number of likely N-dealkylation sites (tertiary alicyclic amines) is 2. The molecule has 0 radical (unpaired) electrons. The van der Waals surface area contributed by atoms with Crippen LogP contribution in [-0.2, 0) is 24.2 Å². The molecule has 190 valence electrons. The molecule has 2 fully saturated rings. The molecule has 3 aliphatic heterocycles. The van der Waals surface area contributed by atoms with E-state index in [2.05, 4.69) is 39.8 Å². The Hall–Kier alpha value is -2.01. The maximum atomic E-state index is 12.7. The minimum Gasteiger partial charge on any atom is -0.426 e. The number of carbonyl (C=O) groups excluding carboxylic acids is 1. The second-order valence-electron chi connectivity index (χ2n) is 9.84. The van der Waals surface area contributed by atoms with Gasteiger partial charge in [-0.3, -0.25) is 4.90 Å². The molecule has 34 heavy (non-hydrogen) atoms. The molecule has 0 aromatic heterocycles. The monoisotopic (exact) mass is 493 g/mol. The number of likely N-dealkylation sites (N-methyl/N-ethyl adjacent to an activating group) is 1. The van der Waals surface area contributed by atoms with E-state index in [1.165, 1.54) is 16.7 Å². The molecule has 1 aromatic carbocycles. The first kappa shape index (κ1) is 25.1. The highest BCUT2D eigenvalue weighted by Crippen LogP contribution is 2.42. The minimum atomic E-state index is -5.71. The van der Waals surface area contributed by atoms with Crippen LogP contribution in [0.15, 0.2) is 18.2 Å². The molecule has 0 atom stereocenters. The Morgan fingerprint density at radius 3 is 2.32 bits per heavy atom. The van der Waals surface area contributed by atoms with Crippen molar-refractivity contribution >= 4 is 6.09 Å². The summed E-state index contributed by atoms with van der Waals surface area (Å²) >= 11 is 0. The van der Waals surface area contributed by atoms with Gasteiger partial charge in [-0.15, -0.1) is 0 Å². The number of ether oxygens (including phenoxy) is 1. The van der Waals surface area contributed by atoms with Crippen LogP contribution in [0.3, 0.4) is 0 Å². The average Bonchev–Trinajstić information content (AvgIpc) is 3.13. The molecule has 0 aliphatic carbocycles. The Morgan fingerprint density at radius 2 is 1.68 bits per heavy atom. The minimum absolute atomic E-state index is 0.0840. The molecule has 3 aliphatic rings. The molecule has 2 saturated heterocycles. The highest BCUT2D eigenvalue weighted by molar-refractivity contribution is 5.68. The summed E-state index contributed by atoms with van der Waals surface area (Å²) in [6.07, 6.45) is -14.1. The Bertz CT molecular complexity index is 882. The van der Waals surface area contributed by atoms with Crippen LogP contribution >= 0.6 is 0 Å². The number of alkyl halides is 6. The number of rotatable bonds is 3. The lowest BCUT2D eigenvalue weighted by atomic mass is 9.78. The van der Waals surface area contributed by atoms with Crippen LogP contribution in [0.1, 0.15) is 36.0 Å². The maximum absolute atomic E-state index is 12.7. The first-order chi connectivity index (χ1) is 15.9. The lowest BCUT2D eigenvalue weighted by molar-refractivity contribution is -0.308. The molecule has 0 saturated carbocycles. The van der Waals surface area contributed by atoms with Crippen LogP contribution in [0.4, 0.5) is 31.1 Å². The van der Waals surface area contributed by atoms with Gasteiger partial charge in [-0.1, -0.05) is 18.2 Å². The first-order valence-electron chi connectivity index (χ1n) is 11.5. The molecule has 0 unspecified atom stereocenters. The summed E-state index contributed by atoms with van der Waals surface area (Å²) < 4.78 is 80.1. The third-order valence-electron chi connectivity index (χ3n) is 7.37. The van der Waals surface area contributed by atoms with E-state index in [1.54, 1.807) is 0 Å². The number of amides is 1. The molecule has 1 spiro atoms. The molecule has 3 heterocycles. The van der Waals surface area contributed by atoms with Crippen LogP contribution in [0.5, 0.6) is 0 Å².